The summed E-state index contributed by atoms with van der Waals surface area (Å²) in [5, 5.41) is 9.81. The molecular formula is C13H17N3O2. The summed E-state index contributed by atoms with van der Waals surface area (Å²) in [6.45, 7) is 6.09. The number of aromatic carboxylic acids is 1. The van der Waals surface area contributed by atoms with Gasteiger partial charge < -0.3 is 10.1 Å². The zero-order valence-electron chi connectivity index (χ0n) is 10.8. The smallest absolute Gasteiger partial charge is 0.338 e. The lowest BCUT2D eigenvalue weighted by atomic mass is 10.0. The van der Waals surface area contributed by atoms with Crippen LogP contribution in [0, 0.1) is 0 Å². The van der Waals surface area contributed by atoms with Gasteiger partial charge in [-0.2, -0.15) is 0 Å². The first-order valence-corrected chi connectivity index (χ1v) is 6.15. The van der Waals surface area contributed by atoms with Gasteiger partial charge >= 0.3 is 5.97 Å². The first kappa shape index (κ1) is 12.5. The van der Waals surface area contributed by atoms with E-state index in [-0.39, 0.29) is 11.5 Å². The summed E-state index contributed by atoms with van der Waals surface area (Å²) in [6.07, 6.45) is 3.26. The molecule has 0 aliphatic rings. The van der Waals surface area contributed by atoms with Crippen molar-refractivity contribution < 1.29 is 9.90 Å². The van der Waals surface area contributed by atoms with Gasteiger partial charge in [0.05, 0.1) is 16.6 Å². The summed E-state index contributed by atoms with van der Waals surface area (Å²) < 4.78 is 0. The maximum Gasteiger partial charge on any atom is 0.338 e. The van der Waals surface area contributed by atoms with Crippen LogP contribution in [0.5, 0.6) is 0 Å². The average molecular weight is 247 g/mol. The first-order valence-electron chi connectivity index (χ1n) is 6.15. The van der Waals surface area contributed by atoms with E-state index in [1.807, 2.05) is 13.8 Å². The van der Waals surface area contributed by atoms with E-state index >= 15 is 0 Å². The molecule has 2 aromatic rings. The third-order valence-corrected chi connectivity index (χ3v) is 2.86. The van der Waals surface area contributed by atoms with Crippen LogP contribution in [0.3, 0.4) is 0 Å². The second-order valence-corrected chi connectivity index (χ2v) is 4.66. The summed E-state index contributed by atoms with van der Waals surface area (Å²) in [6, 6.07) is 0. The van der Waals surface area contributed by atoms with Gasteiger partial charge in [-0.3, -0.25) is 0 Å². The lowest BCUT2D eigenvalue weighted by Crippen LogP contribution is -2.04. The molecule has 2 heterocycles. The fraction of sp³-hybridized carbons (Fsp3) is 0.462. The maximum atomic E-state index is 11.2. The van der Waals surface area contributed by atoms with Crippen molar-refractivity contribution in [3.63, 3.8) is 0 Å². The summed E-state index contributed by atoms with van der Waals surface area (Å²) >= 11 is 0. The summed E-state index contributed by atoms with van der Waals surface area (Å²) in [7, 11) is 0. The van der Waals surface area contributed by atoms with E-state index in [1.165, 1.54) is 6.20 Å². The first-order chi connectivity index (χ1) is 8.54. The fourth-order valence-corrected chi connectivity index (χ4v) is 2.03. The molecule has 5 nitrogen and oxygen atoms in total. The van der Waals surface area contributed by atoms with Crippen LogP contribution >= 0.6 is 0 Å². The third kappa shape index (κ3) is 2.08. The van der Waals surface area contributed by atoms with E-state index in [1.54, 1.807) is 0 Å². The van der Waals surface area contributed by atoms with Crippen LogP contribution in [0.4, 0.5) is 0 Å². The normalized spacial score (nSPS) is 11.3. The molecule has 0 amide bonds. The number of H-pyrrole nitrogens is 1. The lowest BCUT2D eigenvalue weighted by molar-refractivity contribution is 0.0699. The molecule has 0 fully saturated rings. The van der Waals surface area contributed by atoms with Gasteiger partial charge in [-0.05, 0) is 12.3 Å². The highest BCUT2D eigenvalue weighted by atomic mass is 16.4. The molecule has 5 heteroatoms. The van der Waals surface area contributed by atoms with Gasteiger partial charge in [0, 0.05) is 12.6 Å². The summed E-state index contributed by atoms with van der Waals surface area (Å²) in [5.74, 6) is -0.0116. The Balaban J connectivity index is 2.71. The molecule has 0 radical (unpaired) electrons. The average Bonchev–Trinajstić information content (AvgIpc) is 2.71. The second kappa shape index (κ2) is 4.76. The monoisotopic (exact) mass is 247 g/mol. The van der Waals surface area contributed by atoms with Crippen LogP contribution in [0.1, 0.15) is 55.0 Å². The summed E-state index contributed by atoms with van der Waals surface area (Å²) in [5.41, 5.74) is 1.67. The molecule has 0 atom stereocenters. The number of nitrogens with zero attached hydrogens (tertiary/aromatic N) is 2. The zero-order valence-corrected chi connectivity index (χ0v) is 10.8. The van der Waals surface area contributed by atoms with Crippen LogP contribution in [-0.2, 0) is 6.42 Å². The van der Waals surface area contributed by atoms with Gasteiger partial charge in [-0.15, -0.1) is 0 Å². The number of aromatic amines is 1. The van der Waals surface area contributed by atoms with Crippen LogP contribution in [0.15, 0.2) is 6.20 Å². The Kier molecular flexibility index (Phi) is 3.32. The number of rotatable bonds is 4. The minimum atomic E-state index is -0.949. The van der Waals surface area contributed by atoms with Gasteiger partial charge in [-0.25, -0.2) is 14.8 Å². The van der Waals surface area contributed by atoms with Crippen molar-refractivity contribution >= 4 is 17.0 Å². The van der Waals surface area contributed by atoms with Gasteiger partial charge in [-0.1, -0.05) is 20.8 Å². The molecule has 0 saturated heterocycles. The van der Waals surface area contributed by atoms with E-state index < -0.39 is 5.97 Å². The molecule has 2 rings (SSSR count). The highest BCUT2D eigenvalue weighted by Crippen LogP contribution is 2.26. The molecule has 0 aromatic carbocycles. The number of hydrogen-bond donors (Lipinski definition) is 2. The molecule has 18 heavy (non-hydrogen) atoms. The Labute approximate surface area is 105 Å². The Bertz CT molecular complexity index is 587. The zero-order chi connectivity index (χ0) is 13.3. The molecule has 2 aromatic heterocycles. The van der Waals surface area contributed by atoms with Crippen LogP contribution in [0.25, 0.3) is 11.0 Å². The van der Waals surface area contributed by atoms with Gasteiger partial charge in [0.15, 0.2) is 0 Å². The highest BCUT2D eigenvalue weighted by molar-refractivity contribution is 6.03. The van der Waals surface area contributed by atoms with Gasteiger partial charge in [0.25, 0.3) is 0 Å². The van der Waals surface area contributed by atoms with E-state index in [0.29, 0.717) is 11.0 Å². The molecular weight excluding hydrogens is 230 g/mol. The number of aromatic nitrogens is 3. The highest BCUT2D eigenvalue weighted by Gasteiger charge is 2.19. The molecule has 0 aliphatic carbocycles. The van der Waals surface area contributed by atoms with Gasteiger partial charge in [0.2, 0.25) is 0 Å². The van der Waals surface area contributed by atoms with Crippen molar-refractivity contribution in [2.75, 3.05) is 0 Å². The molecule has 0 unspecified atom stereocenters. The third-order valence-electron chi connectivity index (χ3n) is 2.86. The Morgan fingerprint density at radius 2 is 2.17 bits per heavy atom. The molecule has 0 bridgehead atoms. The molecule has 0 aliphatic heterocycles. The Morgan fingerprint density at radius 1 is 1.44 bits per heavy atom. The van der Waals surface area contributed by atoms with Crippen LogP contribution < -0.4 is 0 Å². The quantitative estimate of drug-likeness (QED) is 0.870. The molecule has 2 N–H and O–H groups in total. The van der Waals surface area contributed by atoms with Crippen molar-refractivity contribution in [1.29, 1.82) is 0 Å². The summed E-state index contributed by atoms with van der Waals surface area (Å²) in [4.78, 5) is 23.0. The number of carbonyl (C=O) groups is 1. The van der Waals surface area contributed by atoms with Crippen molar-refractivity contribution in [2.45, 2.75) is 39.5 Å². The lowest BCUT2D eigenvalue weighted by Gasteiger charge is -2.09. The fourth-order valence-electron chi connectivity index (χ4n) is 2.03. The van der Waals surface area contributed by atoms with Crippen molar-refractivity contribution in [3.8, 4) is 0 Å². The van der Waals surface area contributed by atoms with E-state index in [0.717, 1.165) is 24.4 Å². The van der Waals surface area contributed by atoms with Crippen molar-refractivity contribution in [3.05, 3.63) is 23.3 Å². The van der Waals surface area contributed by atoms with E-state index in [2.05, 4.69) is 21.9 Å². The van der Waals surface area contributed by atoms with Crippen molar-refractivity contribution in [1.82, 2.24) is 15.0 Å². The van der Waals surface area contributed by atoms with Gasteiger partial charge in [0.1, 0.15) is 11.5 Å². The van der Waals surface area contributed by atoms with E-state index in [9.17, 15) is 9.90 Å². The van der Waals surface area contributed by atoms with Crippen LogP contribution in [-0.4, -0.2) is 26.0 Å². The number of carboxylic acid groups (broad SMARTS) is 1. The topological polar surface area (TPSA) is 78.9 Å². The van der Waals surface area contributed by atoms with Crippen LogP contribution in [0.2, 0.25) is 0 Å². The Hall–Kier alpha value is -1.91. The SMILES string of the molecule is CCCc1nc(C(C)C)c2c(C(=O)O)c[nH]c2n1. The minimum absolute atomic E-state index is 0.167. The number of hydrogen-bond acceptors (Lipinski definition) is 3. The van der Waals surface area contributed by atoms with Crippen molar-refractivity contribution in [2.24, 2.45) is 0 Å². The minimum Gasteiger partial charge on any atom is -0.478 e. The largest absolute Gasteiger partial charge is 0.478 e. The predicted octanol–water partition coefficient (Wildman–Crippen LogP) is 2.73. The number of carboxylic acids is 1. The Morgan fingerprint density at radius 3 is 2.72 bits per heavy atom. The maximum absolute atomic E-state index is 11.2. The standard InChI is InChI=1S/C13H17N3O2/c1-4-5-9-15-11(7(2)3)10-8(13(17)18)6-14-12(10)16-9/h6-7H,4-5H2,1-3H3,(H,17,18)(H,14,15,16). The van der Waals surface area contributed by atoms with E-state index in [4.69, 9.17) is 0 Å². The number of aryl methyl sites for hydroxylation is 1. The molecule has 96 valence electrons. The number of nitrogens with one attached hydrogen (secondary N) is 1. The molecule has 0 saturated carbocycles. The second-order valence-electron chi connectivity index (χ2n) is 4.66. The molecule has 0 spiro atoms. The number of fused-ring (bicyclic) bond motifs is 1. The predicted molar refractivity (Wildman–Crippen MR) is 68.9 cm³/mol.